The molecule has 7 heteroatoms. The molecule has 0 radical (unpaired) electrons. The molecular formula is C17H19N5O2. The second kappa shape index (κ2) is 7.92. The van der Waals surface area contributed by atoms with Crippen LogP contribution in [0.4, 0.5) is 0 Å². The SMILES string of the molecule is CCCNC(=O)/C(C#N)=C/c1c(C)nn(C)c1Oc1cccnc1. The molecule has 0 bridgehead atoms. The molecule has 2 aromatic heterocycles. The van der Waals surface area contributed by atoms with Crippen LogP contribution in [-0.2, 0) is 11.8 Å². The lowest BCUT2D eigenvalue weighted by atomic mass is 10.1. The molecule has 0 fully saturated rings. The highest BCUT2D eigenvalue weighted by Gasteiger charge is 2.17. The van der Waals surface area contributed by atoms with Gasteiger partial charge in [0, 0.05) is 19.8 Å². The van der Waals surface area contributed by atoms with Gasteiger partial charge in [0.15, 0.2) is 0 Å². The van der Waals surface area contributed by atoms with Crippen molar-refractivity contribution in [3.8, 4) is 17.7 Å². The van der Waals surface area contributed by atoms with Crippen LogP contribution >= 0.6 is 0 Å². The molecule has 0 saturated heterocycles. The summed E-state index contributed by atoms with van der Waals surface area (Å²) in [4.78, 5) is 16.0. The number of rotatable bonds is 6. The number of nitriles is 1. The first-order chi connectivity index (χ1) is 11.6. The average Bonchev–Trinajstić information content (AvgIpc) is 2.84. The van der Waals surface area contributed by atoms with Crippen LogP contribution < -0.4 is 10.1 Å². The number of hydrogen-bond donors (Lipinski definition) is 1. The molecule has 124 valence electrons. The summed E-state index contributed by atoms with van der Waals surface area (Å²) in [7, 11) is 1.74. The van der Waals surface area contributed by atoms with E-state index in [4.69, 9.17) is 4.74 Å². The minimum Gasteiger partial charge on any atom is -0.437 e. The van der Waals surface area contributed by atoms with Crippen molar-refractivity contribution in [2.45, 2.75) is 20.3 Å². The lowest BCUT2D eigenvalue weighted by molar-refractivity contribution is -0.117. The van der Waals surface area contributed by atoms with Crippen molar-refractivity contribution >= 4 is 12.0 Å². The molecule has 0 spiro atoms. The maximum atomic E-state index is 12.0. The van der Waals surface area contributed by atoms with E-state index in [0.29, 0.717) is 29.4 Å². The summed E-state index contributed by atoms with van der Waals surface area (Å²) >= 11 is 0. The monoisotopic (exact) mass is 325 g/mol. The Morgan fingerprint density at radius 2 is 2.33 bits per heavy atom. The molecule has 0 atom stereocenters. The van der Waals surface area contributed by atoms with Crippen LogP contribution in [0.3, 0.4) is 0 Å². The summed E-state index contributed by atoms with van der Waals surface area (Å²) in [5.41, 5.74) is 1.26. The molecular weight excluding hydrogens is 306 g/mol. The van der Waals surface area contributed by atoms with E-state index in [-0.39, 0.29) is 5.57 Å². The summed E-state index contributed by atoms with van der Waals surface area (Å²) in [6, 6.07) is 5.45. The van der Waals surface area contributed by atoms with Crippen LogP contribution in [0.2, 0.25) is 0 Å². The largest absolute Gasteiger partial charge is 0.437 e. The molecule has 2 rings (SSSR count). The van der Waals surface area contributed by atoms with Crippen LogP contribution in [-0.4, -0.2) is 27.2 Å². The Hall–Kier alpha value is -3.14. The van der Waals surface area contributed by atoms with Gasteiger partial charge in [0.25, 0.3) is 5.91 Å². The molecule has 0 aromatic carbocycles. The number of carbonyl (C=O) groups is 1. The van der Waals surface area contributed by atoms with Crippen molar-refractivity contribution in [3.63, 3.8) is 0 Å². The number of nitrogens with one attached hydrogen (secondary N) is 1. The zero-order chi connectivity index (χ0) is 17.5. The van der Waals surface area contributed by atoms with Crippen LogP contribution in [0.15, 0.2) is 30.1 Å². The van der Waals surface area contributed by atoms with Gasteiger partial charge < -0.3 is 10.1 Å². The van der Waals surface area contributed by atoms with Crippen molar-refractivity contribution < 1.29 is 9.53 Å². The quantitative estimate of drug-likeness (QED) is 0.650. The van der Waals surface area contributed by atoms with Crippen LogP contribution in [0.1, 0.15) is 24.6 Å². The van der Waals surface area contributed by atoms with Crippen molar-refractivity contribution in [2.24, 2.45) is 7.05 Å². The zero-order valence-electron chi connectivity index (χ0n) is 13.9. The van der Waals surface area contributed by atoms with Gasteiger partial charge in [0.2, 0.25) is 5.88 Å². The third-order valence-corrected chi connectivity index (χ3v) is 3.25. The van der Waals surface area contributed by atoms with E-state index in [1.165, 1.54) is 6.08 Å². The summed E-state index contributed by atoms with van der Waals surface area (Å²) in [6.07, 6.45) is 5.52. The summed E-state index contributed by atoms with van der Waals surface area (Å²) in [5.74, 6) is 0.579. The molecule has 2 heterocycles. The van der Waals surface area contributed by atoms with E-state index in [1.807, 2.05) is 13.0 Å². The highest BCUT2D eigenvalue weighted by molar-refractivity contribution is 6.02. The smallest absolute Gasteiger partial charge is 0.261 e. The summed E-state index contributed by atoms with van der Waals surface area (Å²) in [6.45, 7) is 4.25. The number of aryl methyl sites for hydroxylation is 2. The van der Waals surface area contributed by atoms with E-state index < -0.39 is 5.91 Å². The van der Waals surface area contributed by atoms with Gasteiger partial charge in [-0.2, -0.15) is 10.4 Å². The minimum atomic E-state index is -0.407. The minimum absolute atomic E-state index is 0.00980. The van der Waals surface area contributed by atoms with Gasteiger partial charge >= 0.3 is 0 Å². The number of amides is 1. The number of pyridine rings is 1. The molecule has 0 aliphatic heterocycles. The highest BCUT2D eigenvalue weighted by Crippen LogP contribution is 2.28. The van der Waals surface area contributed by atoms with Crippen LogP contribution in [0.25, 0.3) is 6.08 Å². The second-order valence-corrected chi connectivity index (χ2v) is 5.14. The molecule has 0 aliphatic rings. The standard InChI is InChI=1S/C17H19N5O2/c1-4-7-20-16(23)13(10-18)9-15-12(2)21-22(3)17(15)24-14-6-5-8-19-11-14/h5-6,8-9,11H,4,7H2,1-3H3,(H,20,23)/b13-9+. The molecule has 1 N–H and O–H groups in total. The molecule has 2 aromatic rings. The number of nitrogens with zero attached hydrogens (tertiary/aromatic N) is 4. The fourth-order valence-corrected chi connectivity index (χ4v) is 2.09. The maximum absolute atomic E-state index is 12.0. The third-order valence-electron chi connectivity index (χ3n) is 3.25. The second-order valence-electron chi connectivity index (χ2n) is 5.14. The predicted molar refractivity (Wildman–Crippen MR) is 89.1 cm³/mol. The van der Waals surface area contributed by atoms with E-state index in [1.54, 1.807) is 43.2 Å². The van der Waals surface area contributed by atoms with Gasteiger partial charge in [-0.1, -0.05) is 6.92 Å². The maximum Gasteiger partial charge on any atom is 0.261 e. The van der Waals surface area contributed by atoms with Crippen LogP contribution in [0, 0.1) is 18.3 Å². The molecule has 7 nitrogen and oxygen atoms in total. The first-order valence-corrected chi connectivity index (χ1v) is 7.58. The molecule has 24 heavy (non-hydrogen) atoms. The fraction of sp³-hybridized carbons (Fsp3) is 0.294. The van der Waals surface area contributed by atoms with Gasteiger partial charge in [0.1, 0.15) is 17.4 Å². The van der Waals surface area contributed by atoms with E-state index in [2.05, 4.69) is 15.4 Å². The van der Waals surface area contributed by atoms with Gasteiger partial charge in [-0.15, -0.1) is 0 Å². The summed E-state index contributed by atoms with van der Waals surface area (Å²) < 4.78 is 7.38. The Labute approximate surface area is 140 Å². The Kier molecular flexibility index (Phi) is 5.68. The van der Waals surface area contributed by atoms with Gasteiger partial charge in [-0.3, -0.25) is 9.78 Å². The number of hydrogen-bond acceptors (Lipinski definition) is 5. The van der Waals surface area contributed by atoms with Crippen LogP contribution in [0.5, 0.6) is 11.6 Å². The predicted octanol–water partition coefficient (Wildman–Crippen LogP) is 2.35. The number of ether oxygens (including phenoxy) is 1. The lowest BCUT2D eigenvalue weighted by Crippen LogP contribution is -2.25. The van der Waals surface area contributed by atoms with E-state index in [9.17, 15) is 10.1 Å². The van der Waals surface area contributed by atoms with E-state index >= 15 is 0 Å². The zero-order valence-corrected chi connectivity index (χ0v) is 13.9. The van der Waals surface area contributed by atoms with E-state index in [0.717, 1.165) is 6.42 Å². The molecule has 0 unspecified atom stereocenters. The lowest BCUT2D eigenvalue weighted by Gasteiger charge is -2.07. The third kappa shape index (κ3) is 3.98. The fourth-order valence-electron chi connectivity index (χ4n) is 2.09. The molecule has 1 amide bonds. The highest BCUT2D eigenvalue weighted by atomic mass is 16.5. The molecule has 0 saturated carbocycles. The van der Waals surface area contributed by atoms with Gasteiger partial charge in [0.05, 0.1) is 17.5 Å². The number of aromatic nitrogens is 3. The number of carbonyl (C=O) groups excluding carboxylic acids is 1. The topological polar surface area (TPSA) is 92.8 Å². The Morgan fingerprint density at radius 1 is 1.54 bits per heavy atom. The molecule has 0 aliphatic carbocycles. The first-order valence-electron chi connectivity index (χ1n) is 7.58. The van der Waals surface area contributed by atoms with Gasteiger partial charge in [-0.05, 0) is 31.6 Å². The van der Waals surface area contributed by atoms with Crippen molar-refractivity contribution in [3.05, 3.63) is 41.4 Å². The van der Waals surface area contributed by atoms with Crippen molar-refractivity contribution in [1.29, 1.82) is 5.26 Å². The van der Waals surface area contributed by atoms with Crippen molar-refractivity contribution in [1.82, 2.24) is 20.1 Å². The normalized spacial score (nSPS) is 11.0. The Balaban J connectivity index is 2.37. The summed E-state index contributed by atoms with van der Waals surface area (Å²) in [5, 5.41) is 16.3. The average molecular weight is 325 g/mol. The van der Waals surface area contributed by atoms with Gasteiger partial charge in [-0.25, -0.2) is 4.68 Å². The first kappa shape index (κ1) is 17.2. The Bertz CT molecular complexity index is 787. The Morgan fingerprint density at radius 3 is 2.96 bits per heavy atom. The van der Waals surface area contributed by atoms with Crippen molar-refractivity contribution in [2.75, 3.05) is 6.54 Å².